The highest BCUT2D eigenvalue weighted by Gasteiger charge is 2.22. The Morgan fingerprint density at radius 3 is 1.94 bits per heavy atom. The number of hydrogen-bond acceptors (Lipinski definition) is 4. The van der Waals surface area contributed by atoms with Crippen LogP contribution in [0.15, 0.2) is 184 Å². The molecule has 10 rings (SSSR count). The smallest absolute Gasteiger partial charge is 0.159 e. The number of rotatable bonds is 5. The van der Waals surface area contributed by atoms with Gasteiger partial charge in [0, 0.05) is 44.4 Å². The van der Waals surface area contributed by atoms with Crippen molar-refractivity contribution >= 4 is 55.4 Å². The summed E-state index contributed by atoms with van der Waals surface area (Å²) in [5, 5.41) is 8.21. The van der Waals surface area contributed by atoms with E-state index in [1.807, 2.05) is 30.3 Å². The molecule has 9 aromatic rings. The SMILES string of the molecule is c1ccc(-c2cccc(C3=NC(c4ccccc4)NC(c4ccc5oc6cc(-n7c8ccccc8c8ccccc87)ccc6c5c4)=N3)c2)cc1. The van der Waals surface area contributed by atoms with Gasteiger partial charge in [0.2, 0.25) is 0 Å². The first-order valence-corrected chi connectivity index (χ1v) is 16.9. The van der Waals surface area contributed by atoms with E-state index in [2.05, 4.69) is 149 Å². The number of fused-ring (bicyclic) bond motifs is 6. The van der Waals surface area contributed by atoms with Gasteiger partial charge in [-0.1, -0.05) is 115 Å². The fourth-order valence-corrected chi connectivity index (χ4v) is 7.25. The molecule has 1 aliphatic heterocycles. The predicted molar refractivity (Wildman–Crippen MR) is 205 cm³/mol. The van der Waals surface area contributed by atoms with Crippen LogP contribution in [0.25, 0.3) is 60.6 Å². The second-order valence-corrected chi connectivity index (χ2v) is 12.7. The van der Waals surface area contributed by atoms with Gasteiger partial charge in [-0.15, -0.1) is 0 Å². The average molecular weight is 643 g/mol. The van der Waals surface area contributed by atoms with Crippen LogP contribution < -0.4 is 5.32 Å². The largest absolute Gasteiger partial charge is 0.456 e. The van der Waals surface area contributed by atoms with E-state index in [0.29, 0.717) is 5.84 Å². The third kappa shape index (κ3) is 4.71. The Labute approximate surface area is 288 Å². The standard InChI is InChI=1S/C45H30N4O/c1-3-12-29(13-4-1)31-16-11-17-32(26-31)44-46-43(30-14-5-2-6-15-30)47-45(48-44)33-22-25-41-38(27-33)37-24-23-34(28-42(37)50-41)49-39-20-9-7-18-35(39)36-19-8-10-21-40(36)49/h1-28,43H,(H,46,47,48). The molecule has 0 radical (unpaired) electrons. The minimum absolute atomic E-state index is 0.287. The normalized spacial score (nSPS) is 14.6. The van der Waals surface area contributed by atoms with Crippen molar-refractivity contribution in [3.05, 3.63) is 187 Å². The van der Waals surface area contributed by atoms with E-state index in [1.165, 1.54) is 21.8 Å². The van der Waals surface area contributed by atoms with E-state index in [-0.39, 0.29) is 6.17 Å². The number of aromatic nitrogens is 1. The summed E-state index contributed by atoms with van der Waals surface area (Å²) in [4.78, 5) is 10.2. The number of hydrogen-bond donors (Lipinski definition) is 1. The minimum Gasteiger partial charge on any atom is -0.456 e. The summed E-state index contributed by atoms with van der Waals surface area (Å²) in [7, 11) is 0. The van der Waals surface area contributed by atoms with Crippen LogP contribution in [0.4, 0.5) is 0 Å². The maximum atomic E-state index is 6.50. The summed E-state index contributed by atoms with van der Waals surface area (Å²) < 4.78 is 8.82. The highest BCUT2D eigenvalue weighted by Crippen LogP contribution is 2.36. The highest BCUT2D eigenvalue weighted by atomic mass is 16.3. The zero-order valence-corrected chi connectivity index (χ0v) is 27.0. The second kappa shape index (κ2) is 11.5. The van der Waals surface area contributed by atoms with Crippen LogP contribution in [0.3, 0.4) is 0 Å². The monoisotopic (exact) mass is 642 g/mol. The summed E-state index contributed by atoms with van der Waals surface area (Å²) in [5.41, 5.74) is 10.4. The van der Waals surface area contributed by atoms with E-state index in [0.717, 1.165) is 61.3 Å². The molecular weight excluding hydrogens is 613 g/mol. The second-order valence-electron chi connectivity index (χ2n) is 12.7. The predicted octanol–water partition coefficient (Wildman–Crippen LogP) is 10.8. The van der Waals surface area contributed by atoms with Crippen LogP contribution in [-0.4, -0.2) is 16.2 Å². The molecule has 0 aliphatic carbocycles. The van der Waals surface area contributed by atoms with Gasteiger partial charge in [0.05, 0.1) is 11.0 Å². The fourth-order valence-electron chi connectivity index (χ4n) is 7.25. The molecule has 3 heterocycles. The Bertz CT molecular complexity index is 2740. The number of aliphatic imine (C=N–C) groups is 2. The molecular formula is C45H30N4O. The van der Waals surface area contributed by atoms with Crippen molar-refractivity contribution in [3.63, 3.8) is 0 Å². The average Bonchev–Trinajstić information content (AvgIpc) is 3.73. The molecule has 5 heteroatoms. The van der Waals surface area contributed by atoms with Crippen LogP contribution in [-0.2, 0) is 0 Å². The van der Waals surface area contributed by atoms with E-state index < -0.39 is 0 Å². The molecule has 0 fully saturated rings. The first-order chi connectivity index (χ1) is 24.8. The summed E-state index contributed by atoms with van der Waals surface area (Å²) >= 11 is 0. The molecule has 7 aromatic carbocycles. The van der Waals surface area contributed by atoms with E-state index in [9.17, 15) is 0 Å². The van der Waals surface area contributed by atoms with Gasteiger partial charge in [0.1, 0.15) is 23.2 Å². The lowest BCUT2D eigenvalue weighted by Crippen LogP contribution is -2.33. The van der Waals surface area contributed by atoms with Crippen LogP contribution in [0.1, 0.15) is 22.9 Å². The molecule has 1 unspecified atom stereocenters. The topological polar surface area (TPSA) is 54.8 Å². The Morgan fingerprint density at radius 1 is 0.480 bits per heavy atom. The van der Waals surface area contributed by atoms with Gasteiger partial charge in [-0.3, -0.25) is 0 Å². The lowest BCUT2D eigenvalue weighted by Gasteiger charge is -2.24. The van der Waals surface area contributed by atoms with Crippen LogP contribution in [0.5, 0.6) is 0 Å². The lowest BCUT2D eigenvalue weighted by atomic mass is 10.0. The van der Waals surface area contributed by atoms with Crippen molar-refractivity contribution in [2.75, 3.05) is 0 Å². The van der Waals surface area contributed by atoms with Gasteiger partial charge in [-0.25, -0.2) is 9.98 Å². The fraction of sp³-hybridized carbons (Fsp3) is 0.0222. The summed E-state index contributed by atoms with van der Waals surface area (Å²) in [6.07, 6.45) is -0.287. The third-order valence-corrected chi connectivity index (χ3v) is 9.65. The number of para-hydroxylation sites is 2. The van der Waals surface area contributed by atoms with Crippen molar-refractivity contribution in [2.45, 2.75) is 6.17 Å². The Balaban J connectivity index is 1.08. The molecule has 0 amide bonds. The van der Waals surface area contributed by atoms with Crippen molar-refractivity contribution in [2.24, 2.45) is 9.98 Å². The molecule has 1 N–H and O–H groups in total. The number of furan rings is 1. The maximum Gasteiger partial charge on any atom is 0.159 e. The lowest BCUT2D eigenvalue weighted by molar-refractivity contribution is 0.668. The number of amidine groups is 2. The van der Waals surface area contributed by atoms with Gasteiger partial charge in [-0.2, -0.15) is 0 Å². The highest BCUT2D eigenvalue weighted by molar-refractivity contribution is 6.16. The summed E-state index contributed by atoms with van der Waals surface area (Å²) in [5.74, 6) is 1.46. The zero-order chi connectivity index (χ0) is 33.0. The van der Waals surface area contributed by atoms with Crippen molar-refractivity contribution in [3.8, 4) is 16.8 Å². The number of nitrogens with one attached hydrogen (secondary N) is 1. The van der Waals surface area contributed by atoms with Crippen molar-refractivity contribution < 1.29 is 4.42 Å². The molecule has 2 aromatic heterocycles. The van der Waals surface area contributed by atoms with Gasteiger partial charge in [-0.05, 0) is 65.2 Å². The Hall–Kier alpha value is -6.72. The zero-order valence-electron chi connectivity index (χ0n) is 27.0. The first kappa shape index (κ1) is 28.3. The van der Waals surface area contributed by atoms with Gasteiger partial charge in [0.15, 0.2) is 5.84 Å². The molecule has 1 atom stereocenters. The molecule has 50 heavy (non-hydrogen) atoms. The molecule has 0 saturated carbocycles. The Morgan fingerprint density at radius 2 is 1.16 bits per heavy atom. The molecule has 0 saturated heterocycles. The maximum absolute atomic E-state index is 6.50. The van der Waals surface area contributed by atoms with E-state index in [4.69, 9.17) is 14.4 Å². The minimum atomic E-state index is -0.287. The van der Waals surface area contributed by atoms with Crippen LogP contribution in [0.2, 0.25) is 0 Å². The summed E-state index contributed by atoms with van der Waals surface area (Å²) in [6, 6.07) is 59.2. The van der Waals surface area contributed by atoms with Crippen molar-refractivity contribution in [1.82, 2.24) is 9.88 Å². The van der Waals surface area contributed by atoms with Gasteiger partial charge >= 0.3 is 0 Å². The molecule has 5 nitrogen and oxygen atoms in total. The van der Waals surface area contributed by atoms with Gasteiger partial charge in [0.25, 0.3) is 0 Å². The molecule has 0 bridgehead atoms. The van der Waals surface area contributed by atoms with Gasteiger partial charge < -0.3 is 14.3 Å². The van der Waals surface area contributed by atoms with Crippen LogP contribution >= 0.6 is 0 Å². The number of benzene rings is 7. The molecule has 0 spiro atoms. The molecule has 1 aliphatic rings. The van der Waals surface area contributed by atoms with E-state index in [1.54, 1.807) is 0 Å². The number of nitrogens with zero attached hydrogens (tertiary/aromatic N) is 3. The van der Waals surface area contributed by atoms with Crippen molar-refractivity contribution in [1.29, 1.82) is 0 Å². The van der Waals surface area contributed by atoms with E-state index >= 15 is 0 Å². The quantitative estimate of drug-likeness (QED) is 0.203. The van der Waals surface area contributed by atoms with Crippen LogP contribution in [0, 0.1) is 0 Å². The Kier molecular flexibility index (Phi) is 6.49. The summed E-state index contributed by atoms with van der Waals surface area (Å²) in [6.45, 7) is 0. The third-order valence-electron chi connectivity index (χ3n) is 9.65. The molecule has 236 valence electrons. The first-order valence-electron chi connectivity index (χ1n) is 16.9.